The van der Waals surface area contributed by atoms with Crippen molar-refractivity contribution < 1.29 is 9.90 Å². The SMILES string of the molecule is C[C@H](c1ccc(Cl)cc1)N(C)C(=O)CN1CCN(CCO)CC1. The Bertz CT molecular complexity index is 501. The first kappa shape index (κ1) is 18.2. The van der Waals surface area contributed by atoms with E-state index >= 15 is 0 Å². The third kappa shape index (κ3) is 5.18. The number of benzene rings is 1. The van der Waals surface area contributed by atoms with Crippen LogP contribution in [0, 0.1) is 0 Å². The molecule has 0 spiro atoms. The van der Waals surface area contributed by atoms with Gasteiger partial charge in [0, 0.05) is 44.8 Å². The van der Waals surface area contributed by atoms with Crippen molar-refractivity contribution >= 4 is 17.5 Å². The summed E-state index contributed by atoms with van der Waals surface area (Å²) in [7, 11) is 1.85. The van der Waals surface area contributed by atoms with Crippen molar-refractivity contribution in [3.8, 4) is 0 Å². The molecule has 1 amide bonds. The molecule has 128 valence electrons. The molecular weight excluding hydrogens is 314 g/mol. The maximum absolute atomic E-state index is 12.5. The zero-order valence-electron chi connectivity index (χ0n) is 13.9. The summed E-state index contributed by atoms with van der Waals surface area (Å²) in [5, 5.41) is 9.67. The van der Waals surface area contributed by atoms with Gasteiger partial charge in [0.05, 0.1) is 19.2 Å². The lowest BCUT2D eigenvalue weighted by molar-refractivity contribution is -0.133. The van der Waals surface area contributed by atoms with Crippen molar-refractivity contribution in [3.63, 3.8) is 0 Å². The van der Waals surface area contributed by atoms with E-state index in [0.29, 0.717) is 11.6 Å². The van der Waals surface area contributed by atoms with Gasteiger partial charge in [-0.25, -0.2) is 0 Å². The highest BCUT2D eigenvalue weighted by atomic mass is 35.5. The summed E-state index contributed by atoms with van der Waals surface area (Å²) in [6, 6.07) is 7.66. The fourth-order valence-electron chi connectivity index (χ4n) is 2.80. The zero-order valence-corrected chi connectivity index (χ0v) is 14.7. The van der Waals surface area contributed by atoms with E-state index in [2.05, 4.69) is 9.80 Å². The lowest BCUT2D eigenvalue weighted by Crippen LogP contribution is -2.50. The molecule has 1 fully saturated rings. The van der Waals surface area contributed by atoms with Crippen LogP contribution in [0.1, 0.15) is 18.5 Å². The van der Waals surface area contributed by atoms with Gasteiger partial charge in [0.25, 0.3) is 0 Å². The molecule has 2 rings (SSSR count). The first-order valence-electron chi connectivity index (χ1n) is 8.08. The minimum atomic E-state index is 0.0236. The van der Waals surface area contributed by atoms with Crippen LogP contribution in [0.2, 0.25) is 5.02 Å². The molecule has 1 heterocycles. The molecule has 1 aromatic carbocycles. The van der Waals surface area contributed by atoms with Crippen molar-refractivity contribution in [1.29, 1.82) is 0 Å². The Morgan fingerprint density at radius 2 is 1.78 bits per heavy atom. The third-order valence-electron chi connectivity index (χ3n) is 4.57. The van der Waals surface area contributed by atoms with Crippen LogP contribution >= 0.6 is 11.6 Å². The van der Waals surface area contributed by atoms with Crippen molar-refractivity contribution in [2.24, 2.45) is 0 Å². The van der Waals surface area contributed by atoms with Gasteiger partial charge in [-0.3, -0.25) is 14.6 Å². The van der Waals surface area contributed by atoms with E-state index < -0.39 is 0 Å². The Morgan fingerprint density at radius 3 is 2.35 bits per heavy atom. The van der Waals surface area contributed by atoms with E-state index in [0.717, 1.165) is 38.3 Å². The smallest absolute Gasteiger partial charge is 0.236 e. The fraction of sp³-hybridized carbons (Fsp3) is 0.588. The van der Waals surface area contributed by atoms with E-state index in [-0.39, 0.29) is 18.6 Å². The number of hydrogen-bond acceptors (Lipinski definition) is 4. The molecule has 1 N–H and O–H groups in total. The van der Waals surface area contributed by atoms with Crippen LogP contribution in [-0.4, -0.2) is 78.6 Å². The highest BCUT2D eigenvalue weighted by Gasteiger charge is 2.22. The predicted octanol–water partition coefficient (Wildman–Crippen LogP) is 1.47. The van der Waals surface area contributed by atoms with Crippen LogP contribution in [0.25, 0.3) is 0 Å². The van der Waals surface area contributed by atoms with Gasteiger partial charge in [0.1, 0.15) is 0 Å². The summed E-state index contributed by atoms with van der Waals surface area (Å²) in [6.07, 6.45) is 0. The number of likely N-dealkylation sites (N-methyl/N-ethyl adjacent to an activating group) is 1. The Balaban J connectivity index is 1.84. The number of piperazine rings is 1. The van der Waals surface area contributed by atoms with Gasteiger partial charge < -0.3 is 10.0 Å². The summed E-state index contributed by atoms with van der Waals surface area (Å²) >= 11 is 5.91. The highest BCUT2D eigenvalue weighted by Crippen LogP contribution is 2.21. The van der Waals surface area contributed by atoms with E-state index in [1.165, 1.54) is 0 Å². The van der Waals surface area contributed by atoms with Crippen molar-refractivity contribution in [2.75, 3.05) is 52.9 Å². The average molecular weight is 340 g/mol. The van der Waals surface area contributed by atoms with Gasteiger partial charge in [0.2, 0.25) is 5.91 Å². The maximum atomic E-state index is 12.5. The molecule has 0 radical (unpaired) electrons. The van der Waals surface area contributed by atoms with E-state index in [1.54, 1.807) is 4.90 Å². The molecule has 0 unspecified atom stereocenters. The Hall–Kier alpha value is -1.14. The van der Waals surface area contributed by atoms with Gasteiger partial charge in [-0.2, -0.15) is 0 Å². The van der Waals surface area contributed by atoms with Crippen LogP contribution in [0.4, 0.5) is 0 Å². The summed E-state index contributed by atoms with van der Waals surface area (Å²) in [4.78, 5) is 18.7. The number of carbonyl (C=O) groups is 1. The number of hydrogen-bond donors (Lipinski definition) is 1. The zero-order chi connectivity index (χ0) is 16.8. The second-order valence-corrected chi connectivity index (χ2v) is 6.51. The summed E-state index contributed by atoms with van der Waals surface area (Å²) in [6.45, 7) is 6.94. The lowest BCUT2D eigenvalue weighted by atomic mass is 10.1. The minimum absolute atomic E-state index is 0.0236. The minimum Gasteiger partial charge on any atom is -0.395 e. The quantitative estimate of drug-likeness (QED) is 0.852. The Morgan fingerprint density at radius 1 is 1.22 bits per heavy atom. The Kier molecular flexibility index (Phi) is 6.84. The Labute approximate surface area is 143 Å². The van der Waals surface area contributed by atoms with Gasteiger partial charge in [-0.15, -0.1) is 0 Å². The highest BCUT2D eigenvalue weighted by molar-refractivity contribution is 6.30. The average Bonchev–Trinajstić information content (AvgIpc) is 2.56. The van der Waals surface area contributed by atoms with Gasteiger partial charge in [-0.05, 0) is 24.6 Å². The molecule has 1 saturated heterocycles. The van der Waals surface area contributed by atoms with Crippen molar-refractivity contribution in [2.45, 2.75) is 13.0 Å². The molecule has 1 aliphatic heterocycles. The first-order chi connectivity index (χ1) is 11.0. The van der Waals surface area contributed by atoms with Crippen LogP contribution < -0.4 is 0 Å². The van der Waals surface area contributed by atoms with E-state index in [9.17, 15) is 4.79 Å². The van der Waals surface area contributed by atoms with E-state index in [1.807, 2.05) is 38.2 Å². The third-order valence-corrected chi connectivity index (χ3v) is 4.82. The molecule has 0 aliphatic carbocycles. The molecule has 0 bridgehead atoms. The molecule has 5 nitrogen and oxygen atoms in total. The van der Waals surface area contributed by atoms with Gasteiger partial charge >= 0.3 is 0 Å². The lowest BCUT2D eigenvalue weighted by Gasteiger charge is -2.35. The standard InChI is InChI=1S/C17H26ClN3O2/c1-14(15-3-5-16(18)6-4-15)19(2)17(23)13-21-9-7-20(8-10-21)11-12-22/h3-6,14,22H,7-13H2,1-2H3/t14-/m1/s1. The monoisotopic (exact) mass is 339 g/mol. The second kappa shape index (κ2) is 8.64. The first-order valence-corrected chi connectivity index (χ1v) is 8.45. The topological polar surface area (TPSA) is 47.0 Å². The van der Waals surface area contributed by atoms with Crippen LogP contribution in [-0.2, 0) is 4.79 Å². The molecule has 0 aromatic heterocycles. The molecule has 1 aromatic rings. The fourth-order valence-corrected chi connectivity index (χ4v) is 2.92. The number of amides is 1. The normalized spacial score (nSPS) is 17.9. The largest absolute Gasteiger partial charge is 0.395 e. The van der Waals surface area contributed by atoms with Crippen LogP contribution in [0.5, 0.6) is 0 Å². The van der Waals surface area contributed by atoms with Crippen molar-refractivity contribution in [3.05, 3.63) is 34.9 Å². The molecule has 6 heteroatoms. The predicted molar refractivity (Wildman–Crippen MR) is 92.6 cm³/mol. The number of halogens is 1. The van der Waals surface area contributed by atoms with Crippen molar-refractivity contribution in [1.82, 2.24) is 14.7 Å². The van der Waals surface area contributed by atoms with E-state index in [4.69, 9.17) is 16.7 Å². The molecular formula is C17H26ClN3O2. The number of nitrogens with zero attached hydrogens (tertiary/aromatic N) is 3. The van der Waals surface area contributed by atoms with Gasteiger partial charge in [-0.1, -0.05) is 23.7 Å². The number of β-amino-alcohol motifs (C(OH)–C–C–N with tert-alkyl or cyclic N) is 1. The summed E-state index contributed by atoms with van der Waals surface area (Å²) in [5.41, 5.74) is 1.08. The molecule has 23 heavy (non-hydrogen) atoms. The number of carbonyl (C=O) groups excluding carboxylic acids is 1. The summed E-state index contributed by atoms with van der Waals surface area (Å²) < 4.78 is 0. The molecule has 1 atom stereocenters. The molecule has 0 saturated carbocycles. The van der Waals surface area contributed by atoms with Crippen LogP contribution in [0.3, 0.4) is 0 Å². The summed E-state index contributed by atoms with van der Waals surface area (Å²) in [5.74, 6) is 0.128. The van der Waals surface area contributed by atoms with Gasteiger partial charge in [0.15, 0.2) is 0 Å². The maximum Gasteiger partial charge on any atom is 0.236 e. The number of aliphatic hydroxyl groups excluding tert-OH is 1. The number of rotatable bonds is 6. The molecule has 1 aliphatic rings. The second-order valence-electron chi connectivity index (χ2n) is 6.07. The van der Waals surface area contributed by atoms with Crippen LogP contribution in [0.15, 0.2) is 24.3 Å². The number of aliphatic hydroxyl groups is 1.